The van der Waals surface area contributed by atoms with E-state index in [1.807, 2.05) is 12.1 Å². The van der Waals surface area contributed by atoms with Crippen molar-refractivity contribution in [1.82, 2.24) is 20.5 Å². The number of likely N-dealkylation sites (N-methyl/N-ethyl adjacent to an activating group) is 1. The molecule has 0 bridgehead atoms. The van der Waals surface area contributed by atoms with Crippen LogP contribution in [0.25, 0.3) is 0 Å². The number of carbonyl (C=O) groups excluding carboxylic acids is 2. The third-order valence-electron chi connectivity index (χ3n) is 8.19. The minimum Gasteiger partial charge on any atom is -0.381 e. The van der Waals surface area contributed by atoms with E-state index in [0.717, 1.165) is 50.3 Å². The minimum absolute atomic E-state index is 0.0322. The topological polar surface area (TPSA) is 124 Å². The molecule has 1 saturated heterocycles. The summed E-state index contributed by atoms with van der Waals surface area (Å²) in [6, 6.07) is 8.68. The number of hydrazone groups is 1. The Morgan fingerprint density at radius 2 is 1.87 bits per heavy atom. The lowest BCUT2D eigenvalue weighted by Crippen LogP contribution is -2.54. The molecule has 38 heavy (non-hydrogen) atoms. The van der Waals surface area contributed by atoms with E-state index in [0.29, 0.717) is 17.5 Å². The van der Waals surface area contributed by atoms with Gasteiger partial charge in [-0.05, 0) is 44.2 Å². The summed E-state index contributed by atoms with van der Waals surface area (Å²) in [4.78, 5) is 27.3. The normalized spacial score (nSPS) is 24.6. The van der Waals surface area contributed by atoms with Gasteiger partial charge in [0.1, 0.15) is 0 Å². The Morgan fingerprint density at radius 3 is 2.61 bits per heavy atom. The fourth-order valence-electron chi connectivity index (χ4n) is 5.86. The first-order valence-corrected chi connectivity index (χ1v) is 13.4. The molecule has 1 saturated carbocycles. The Bertz CT molecular complexity index is 1270. The zero-order valence-electron chi connectivity index (χ0n) is 22.0. The Hall–Kier alpha value is -3.73. The molecule has 200 valence electrons. The number of aromatic nitrogens is 2. The Balaban J connectivity index is 1.33. The van der Waals surface area contributed by atoms with E-state index in [4.69, 9.17) is 9.84 Å². The lowest BCUT2D eigenvalue weighted by atomic mass is 9.82. The number of nitrogens with one attached hydrogen (secondary N) is 3. The highest BCUT2D eigenvalue weighted by Crippen LogP contribution is 2.47. The van der Waals surface area contributed by atoms with Gasteiger partial charge in [-0.2, -0.15) is 5.10 Å². The third kappa shape index (κ3) is 4.34. The van der Waals surface area contributed by atoms with E-state index >= 15 is 0 Å². The van der Waals surface area contributed by atoms with Crippen LogP contribution in [0.4, 0.5) is 22.9 Å². The van der Waals surface area contributed by atoms with Crippen LogP contribution in [0, 0.1) is 5.92 Å². The summed E-state index contributed by atoms with van der Waals surface area (Å²) in [5.41, 5.74) is 3.73. The van der Waals surface area contributed by atoms with E-state index in [9.17, 15) is 9.59 Å². The highest BCUT2D eigenvalue weighted by molar-refractivity contribution is 6.00. The van der Waals surface area contributed by atoms with E-state index < -0.39 is 0 Å². The molecule has 4 heterocycles. The molecule has 0 radical (unpaired) electrons. The minimum atomic E-state index is -0.360. The highest BCUT2D eigenvalue weighted by Gasteiger charge is 2.46. The number of hydrogen-bond acceptors (Lipinski definition) is 9. The van der Waals surface area contributed by atoms with Gasteiger partial charge in [-0.1, -0.05) is 12.1 Å². The van der Waals surface area contributed by atoms with Crippen LogP contribution in [0.3, 0.4) is 0 Å². The first-order chi connectivity index (χ1) is 18.5. The molecule has 2 fully saturated rings. The van der Waals surface area contributed by atoms with Gasteiger partial charge in [-0.15, -0.1) is 10.2 Å². The molecule has 3 N–H and O–H groups in total. The van der Waals surface area contributed by atoms with Crippen molar-refractivity contribution >= 4 is 40.9 Å². The molecule has 6 rings (SSSR count). The molecule has 3 unspecified atom stereocenters. The molecule has 2 amide bonds. The molecule has 1 aromatic heterocycles. The quantitative estimate of drug-likeness (QED) is 0.533. The van der Waals surface area contributed by atoms with Crippen LogP contribution in [-0.2, 0) is 9.53 Å². The first kappa shape index (κ1) is 24.6. The Kier molecular flexibility index (Phi) is 6.38. The number of para-hydroxylation sites is 1. The van der Waals surface area contributed by atoms with Gasteiger partial charge in [-0.3, -0.25) is 14.6 Å². The maximum absolute atomic E-state index is 12.6. The van der Waals surface area contributed by atoms with Crippen LogP contribution in [0.1, 0.15) is 54.6 Å². The summed E-state index contributed by atoms with van der Waals surface area (Å²) in [5, 5.41) is 24.4. The van der Waals surface area contributed by atoms with Gasteiger partial charge >= 0.3 is 0 Å². The van der Waals surface area contributed by atoms with Gasteiger partial charge in [0.15, 0.2) is 11.5 Å². The fourth-order valence-corrected chi connectivity index (χ4v) is 5.86. The van der Waals surface area contributed by atoms with Crippen molar-refractivity contribution in [2.45, 2.75) is 56.7 Å². The molecular weight excluding hydrogens is 484 g/mol. The van der Waals surface area contributed by atoms with E-state index in [2.05, 4.69) is 62.3 Å². The van der Waals surface area contributed by atoms with Crippen LogP contribution in [0.5, 0.6) is 0 Å². The average molecular weight is 519 g/mol. The monoisotopic (exact) mass is 518 g/mol. The van der Waals surface area contributed by atoms with Crippen LogP contribution in [-0.4, -0.2) is 78.7 Å². The second-order valence-corrected chi connectivity index (χ2v) is 10.6. The van der Waals surface area contributed by atoms with Crippen molar-refractivity contribution < 1.29 is 14.3 Å². The predicted octanol–water partition coefficient (Wildman–Crippen LogP) is 2.70. The van der Waals surface area contributed by atoms with Gasteiger partial charge in [0.25, 0.3) is 5.91 Å². The molecular formula is C27H34N8O3. The lowest BCUT2D eigenvalue weighted by molar-refractivity contribution is -0.117. The second-order valence-electron chi connectivity index (χ2n) is 10.6. The number of rotatable bonds is 6. The third-order valence-corrected chi connectivity index (χ3v) is 8.19. The number of benzene rings is 1. The number of carbonyl (C=O) groups is 2. The van der Waals surface area contributed by atoms with Crippen LogP contribution < -0.4 is 20.9 Å². The first-order valence-electron chi connectivity index (χ1n) is 13.4. The SMILES string of the molecule is CNC(=O)c1nnc(NC(=O)C2CC2)cc1Nc1cccc2c1N(C)C(C)C1C2C=NN1C1CCOCC1. The highest BCUT2D eigenvalue weighted by atomic mass is 16.5. The van der Waals surface area contributed by atoms with E-state index in [1.165, 1.54) is 5.56 Å². The molecule has 11 heteroatoms. The maximum Gasteiger partial charge on any atom is 0.273 e. The number of nitrogens with zero attached hydrogens (tertiary/aromatic N) is 5. The van der Waals surface area contributed by atoms with Gasteiger partial charge in [-0.25, -0.2) is 0 Å². The van der Waals surface area contributed by atoms with Crippen molar-refractivity contribution in [3.05, 3.63) is 35.5 Å². The molecule has 3 aliphatic heterocycles. The molecule has 2 aromatic rings. The molecule has 1 aromatic carbocycles. The van der Waals surface area contributed by atoms with Crippen molar-refractivity contribution in [3.63, 3.8) is 0 Å². The Labute approximate surface area is 222 Å². The summed E-state index contributed by atoms with van der Waals surface area (Å²) < 4.78 is 5.59. The van der Waals surface area contributed by atoms with Crippen LogP contribution >= 0.6 is 0 Å². The zero-order chi connectivity index (χ0) is 26.4. The van der Waals surface area contributed by atoms with E-state index in [-0.39, 0.29) is 41.4 Å². The van der Waals surface area contributed by atoms with Gasteiger partial charge in [0.2, 0.25) is 5.91 Å². The summed E-state index contributed by atoms with van der Waals surface area (Å²) in [6.45, 7) is 3.80. The lowest BCUT2D eigenvalue weighted by Gasteiger charge is -2.47. The smallest absolute Gasteiger partial charge is 0.273 e. The maximum atomic E-state index is 12.6. The van der Waals surface area contributed by atoms with Crippen LogP contribution in [0.2, 0.25) is 0 Å². The van der Waals surface area contributed by atoms with Crippen molar-refractivity contribution in [2.75, 3.05) is 42.8 Å². The summed E-state index contributed by atoms with van der Waals surface area (Å²) in [7, 11) is 3.66. The standard InChI is InChI=1S/C27H34N8O3/c1-15-24-19(14-29-35(24)17-9-11-38-12-10-17)18-5-4-6-20(25(18)34(15)3)30-21-13-22(31-26(36)16-7-8-16)32-33-23(21)27(37)28-2/h4-6,13-17,19,24H,7-12H2,1-3H3,(H,28,37)(H2,30,31,32,36). The molecule has 4 aliphatic rings. The van der Waals surface area contributed by atoms with Gasteiger partial charge < -0.3 is 25.6 Å². The van der Waals surface area contributed by atoms with Gasteiger partial charge in [0, 0.05) is 57.5 Å². The number of hydrogen-bond donors (Lipinski definition) is 3. The number of anilines is 4. The van der Waals surface area contributed by atoms with Crippen LogP contribution in [0.15, 0.2) is 29.4 Å². The fraction of sp³-hybridized carbons (Fsp3) is 0.519. The number of amides is 2. The van der Waals surface area contributed by atoms with Crippen molar-refractivity contribution in [1.29, 1.82) is 0 Å². The van der Waals surface area contributed by atoms with E-state index in [1.54, 1.807) is 13.1 Å². The Morgan fingerprint density at radius 1 is 1.08 bits per heavy atom. The summed E-state index contributed by atoms with van der Waals surface area (Å²) >= 11 is 0. The zero-order valence-corrected chi connectivity index (χ0v) is 22.0. The largest absolute Gasteiger partial charge is 0.381 e. The number of fused-ring (bicyclic) bond motifs is 3. The van der Waals surface area contributed by atoms with Crippen molar-refractivity contribution in [2.24, 2.45) is 11.0 Å². The number of ether oxygens (including phenoxy) is 1. The van der Waals surface area contributed by atoms with Crippen molar-refractivity contribution in [3.8, 4) is 0 Å². The summed E-state index contributed by atoms with van der Waals surface area (Å²) in [6.07, 6.45) is 5.84. The predicted molar refractivity (Wildman–Crippen MR) is 145 cm³/mol. The molecule has 1 aliphatic carbocycles. The molecule has 11 nitrogen and oxygen atoms in total. The average Bonchev–Trinajstić information content (AvgIpc) is 3.70. The summed E-state index contributed by atoms with van der Waals surface area (Å²) in [5.74, 6) is 0.0811. The molecule has 3 atom stereocenters. The van der Waals surface area contributed by atoms with Gasteiger partial charge in [0.05, 0.1) is 29.1 Å². The second kappa shape index (κ2) is 9.86. The molecule has 0 spiro atoms.